The van der Waals surface area contributed by atoms with Gasteiger partial charge in [0.1, 0.15) is 18.0 Å². The molecule has 0 bridgehead atoms. The summed E-state index contributed by atoms with van der Waals surface area (Å²) in [7, 11) is 1.61. The number of rotatable bonds is 4. The summed E-state index contributed by atoms with van der Waals surface area (Å²) in [5.74, 6) is 0.0888. The van der Waals surface area contributed by atoms with E-state index < -0.39 is 18.0 Å². The van der Waals surface area contributed by atoms with Gasteiger partial charge < -0.3 is 19.3 Å². The highest BCUT2D eigenvalue weighted by atomic mass is 16.7. The molecule has 4 nitrogen and oxygen atoms in total. The Hall–Kier alpha value is -1.58. The number of aliphatic hydroxyl groups excluding tert-OH is 1. The second-order valence-electron chi connectivity index (χ2n) is 5.13. The van der Waals surface area contributed by atoms with Gasteiger partial charge in [-0.3, -0.25) is 0 Å². The third-order valence-corrected chi connectivity index (χ3v) is 3.27. The van der Waals surface area contributed by atoms with Crippen LogP contribution in [0.4, 0.5) is 0 Å². The Bertz CT molecular complexity index is 512. The summed E-state index contributed by atoms with van der Waals surface area (Å²) in [6.07, 6.45) is -1.25. The maximum atomic E-state index is 10.4. The van der Waals surface area contributed by atoms with Gasteiger partial charge in [-0.25, -0.2) is 0 Å². The Balaban J connectivity index is 2.18. The number of benzene rings is 1. The van der Waals surface area contributed by atoms with Crippen molar-refractivity contribution in [3.8, 4) is 5.75 Å². The van der Waals surface area contributed by atoms with E-state index in [0.29, 0.717) is 12.2 Å². The summed E-state index contributed by atoms with van der Waals surface area (Å²) in [4.78, 5) is 0. The zero-order valence-corrected chi connectivity index (χ0v) is 12.1. The van der Waals surface area contributed by atoms with Gasteiger partial charge in [0.15, 0.2) is 5.79 Å². The monoisotopic (exact) mass is 276 g/mol. The highest BCUT2D eigenvalue weighted by Crippen LogP contribution is 2.30. The molecule has 108 valence electrons. The van der Waals surface area contributed by atoms with Crippen LogP contribution in [0, 0.1) is 0 Å². The Morgan fingerprint density at radius 1 is 1.45 bits per heavy atom. The van der Waals surface area contributed by atoms with Crippen LogP contribution in [0.25, 0.3) is 5.57 Å². The van der Waals surface area contributed by atoms with Crippen molar-refractivity contribution in [1.82, 2.24) is 0 Å². The molecule has 1 unspecified atom stereocenters. The van der Waals surface area contributed by atoms with Gasteiger partial charge in [0.05, 0.1) is 13.7 Å². The van der Waals surface area contributed by atoms with Gasteiger partial charge in [-0.1, -0.05) is 18.7 Å². The van der Waals surface area contributed by atoms with Crippen LogP contribution in [0.15, 0.2) is 36.6 Å². The minimum Gasteiger partial charge on any atom is -0.497 e. The molecule has 0 amide bonds. The molecule has 1 fully saturated rings. The van der Waals surface area contributed by atoms with E-state index in [1.54, 1.807) is 7.11 Å². The molecule has 0 spiro atoms. The number of hydrogen-bond donors (Lipinski definition) is 1. The summed E-state index contributed by atoms with van der Waals surface area (Å²) in [6.45, 7) is 7.65. The molecule has 1 aromatic rings. The quantitative estimate of drug-likeness (QED) is 0.858. The van der Waals surface area contributed by atoms with Crippen molar-refractivity contribution in [2.24, 2.45) is 0 Å². The molecule has 0 aromatic heterocycles. The normalized spacial score (nSPS) is 22.1. The molecule has 4 heteroatoms. The zero-order chi connectivity index (χ0) is 14.8. The maximum absolute atomic E-state index is 10.4. The van der Waals surface area contributed by atoms with E-state index in [-0.39, 0.29) is 0 Å². The van der Waals surface area contributed by atoms with Gasteiger partial charge in [0.25, 0.3) is 0 Å². The van der Waals surface area contributed by atoms with E-state index >= 15 is 0 Å². The zero-order valence-electron chi connectivity index (χ0n) is 12.1. The lowest BCUT2D eigenvalue weighted by Gasteiger charge is -2.21. The van der Waals surface area contributed by atoms with Crippen LogP contribution in [0.5, 0.6) is 5.75 Å². The highest BCUT2D eigenvalue weighted by molar-refractivity contribution is 5.69. The van der Waals surface area contributed by atoms with E-state index in [4.69, 9.17) is 14.2 Å². The molecular weight excluding hydrogens is 256 g/mol. The van der Waals surface area contributed by atoms with Crippen LogP contribution in [-0.4, -0.2) is 36.8 Å². The fourth-order valence-corrected chi connectivity index (χ4v) is 2.20. The first kappa shape index (κ1) is 14.8. The molecule has 1 aliphatic rings. The van der Waals surface area contributed by atoms with Crippen molar-refractivity contribution in [1.29, 1.82) is 0 Å². The standard InChI is InChI=1S/C16H20O4/c1-5-13(11-6-8-12(18-4)9-7-11)15(17)14-10-19-16(2,3)20-14/h6-9,14-15,17H,1,10H2,2-4H3/t14-,15?/m1/s1. The first-order valence-corrected chi connectivity index (χ1v) is 6.51. The maximum Gasteiger partial charge on any atom is 0.163 e. The van der Waals surface area contributed by atoms with Gasteiger partial charge in [-0.05, 0) is 31.5 Å². The van der Waals surface area contributed by atoms with Crippen LogP contribution in [-0.2, 0) is 9.47 Å². The third kappa shape index (κ3) is 3.11. The van der Waals surface area contributed by atoms with Crippen LogP contribution >= 0.6 is 0 Å². The molecule has 2 rings (SSSR count). The lowest BCUT2D eigenvalue weighted by molar-refractivity contribution is -0.146. The van der Waals surface area contributed by atoms with Crippen molar-refractivity contribution in [3.05, 3.63) is 42.1 Å². The van der Waals surface area contributed by atoms with Crippen molar-refractivity contribution in [2.75, 3.05) is 13.7 Å². The molecule has 1 heterocycles. The third-order valence-electron chi connectivity index (χ3n) is 3.27. The molecule has 1 aromatic carbocycles. The molecule has 0 radical (unpaired) electrons. The van der Waals surface area contributed by atoms with Crippen molar-refractivity contribution in [2.45, 2.75) is 31.8 Å². The smallest absolute Gasteiger partial charge is 0.163 e. The van der Waals surface area contributed by atoms with Gasteiger partial charge >= 0.3 is 0 Å². The largest absolute Gasteiger partial charge is 0.497 e. The van der Waals surface area contributed by atoms with Crippen molar-refractivity contribution in [3.63, 3.8) is 0 Å². The summed E-state index contributed by atoms with van der Waals surface area (Å²) in [5, 5.41) is 10.4. The van der Waals surface area contributed by atoms with Gasteiger partial charge in [0, 0.05) is 5.57 Å². The average molecular weight is 276 g/mol. The predicted molar refractivity (Wildman–Crippen MR) is 76.5 cm³/mol. The summed E-state index contributed by atoms with van der Waals surface area (Å²) in [6, 6.07) is 7.37. The molecule has 1 saturated heterocycles. The van der Waals surface area contributed by atoms with E-state index in [0.717, 1.165) is 11.3 Å². The van der Waals surface area contributed by atoms with E-state index in [9.17, 15) is 5.11 Å². The minimum atomic E-state index is -0.831. The lowest BCUT2D eigenvalue weighted by atomic mass is 9.98. The van der Waals surface area contributed by atoms with Crippen LogP contribution in [0.1, 0.15) is 19.4 Å². The molecule has 1 N–H and O–H groups in total. The van der Waals surface area contributed by atoms with E-state index in [1.165, 1.54) is 0 Å². The molecule has 0 saturated carbocycles. The number of hydrogen-bond acceptors (Lipinski definition) is 4. The average Bonchev–Trinajstić information content (AvgIpc) is 2.80. The first-order chi connectivity index (χ1) is 9.46. The fraction of sp³-hybridized carbons (Fsp3) is 0.438. The van der Waals surface area contributed by atoms with E-state index in [1.807, 2.05) is 38.1 Å². The van der Waals surface area contributed by atoms with Crippen LogP contribution < -0.4 is 4.74 Å². The number of aliphatic hydroxyl groups is 1. The molecule has 1 aliphatic heterocycles. The summed E-state index contributed by atoms with van der Waals surface area (Å²) in [5.41, 5.74) is 4.23. The van der Waals surface area contributed by atoms with Crippen molar-refractivity contribution < 1.29 is 19.3 Å². The fourth-order valence-electron chi connectivity index (χ4n) is 2.20. The Morgan fingerprint density at radius 2 is 2.10 bits per heavy atom. The first-order valence-electron chi connectivity index (χ1n) is 6.51. The highest BCUT2D eigenvalue weighted by Gasteiger charge is 2.38. The van der Waals surface area contributed by atoms with Crippen molar-refractivity contribution >= 4 is 5.57 Å². The Kier molecular flexibility index (Phi) is 4.31. The number of methoxy groups -OCH3 is 1. The van der Waals surface area contributed by atoms with Gasteiger partial charge in [0.2, 0.25) is 0 Å². The molecular formula is C16H20O4. The SMILES string of the molecule is C=C=C(c1ccc(OC)cc1)C(O)[C@H]1COC(C)(C)O1. The van der Waals surface area contributed by atoms with Crippen LogP contribution in [0.3, 0.4) is 0 Å². The van der Waals surface area contributed by atoms with E-state index in [2.05, 4.69) is 12.3 Å². The molecule has 2 atom stereocenters. The van der Waals surface area contributed by atoms with Crippen LogP contribution in [0.2, 0.25) is 0 Å². The summed E-state index contributed by atoms with van der Waals surface area (Å²) < 4.78 is 16.3. The molecule has 0 aliphatic carbocycles. The summed E-state index contributed by atoms with van der Waals surface area (Å²) >= 11 is 0. The molecule has 20 heavy (non-hydrogen) atoms. The predicted octanol–water partition coefficient (Wildman–Crippen LogP) is 2.38. The second kappa shape index (κ2) is 5.81. The lowest BCUT2D eigenvalue weighted by Crippen LogP contribution is -2.31. The Labute approximate surface area is 119 Å². The number of ether oxygens (including phenoxy) is 3. The Morgan fingerprint density at radius 3 is 2.55 bits per heavy atom. The topological polar surface area (TPSA) is 47.9 Å². The second-order valence-corrected chi connectivity index (χ2v) is 5.13. The van der Waals surface area contributed by atoms with Gasteiger partial charge in [-0.2, -0.15) is 0 Å². The minimum absolute atomic E-state index is 0.343. The van der Waals surface area contributed by atoms with Gasteiger partial charge in [-0.15, -0.1) is 5.73 Å².